The highest BCUT2D eigenvalue weighted by Gasteiger charge is 2.26. The number of phenolic OH excluding ortho intramolecular Hbond substituents is 1. The summed E-state index contributed by atoms with van der Waals surface area (Å²) in [6.07, 6.45) is -0.255. The number of carbonyl (C=O) groups excluding carboxylic acids is 1. The fourth-order valence-corrected chi connectivity index (χ4v) is 2.41. The second kappa shape index (κ2) is 5.84. The maximum Gasteiger partial charge on any atom is 0.410 e. The molecule has 0 unspecified atom stereocenters. The number of ether oxygens (including phenoxy) is 1. The lowest BCUT2D eigenvalue weighted by atomic mass is 10.1. The van der Waals surface area contributed by atoms with E-state index >= 15 is 0 Å². The van der Waals surface area contributed by atoms with Crippen molar-refractivity contribution in [2.45, 2.75) is 33.3 Å². The summed E-state index contributed by atoms with van der Waals surface area (Å²) in [7, 11) is 0. The number of aromatic hydroxyl groups is 1. The first kappa shape index (κ1) is 15.5. The third kappa shape index (κ3) is 3.80. The lowest BCUT2D eigenvalue weighted by Crippen LogP contribution is -2.50. The second-order valence-electron chi connectivity index (χ2n) is 6.38. The Bertz CT molecular complexity index is 515. The molecule has 0 atom stereocenters. The largest absolute Gasteiger partial charge is 0.508 e. The van der Waals surface area contributed by atoms with E-state index in [1.165, 1.54) is 0 Å². The van der Waals surface area contributed by atoms with E-state index in [9.17, 15) is 9.90 Å². The van der Waals surface area contributed by atoms with Gasteiger partial charge < -0.3 is 19.6 Å². The molecule has 21 heavy (non-hydrogen) atoms. The molecule has 1 N–H and O–H groups in total. The highest BCUT2D eigenvalue weighted by Crippen LogP contribution is 2.28. The molecule has 5 nitrogen and oxygen atoms in total. The van der Waals surface area contributed by atoms with Gasteiger partial charge in [0.05, 0.1) is 0 Å². The zero-order chi connectivity index (χ0) is 15.6. The Morgan fingerprint density at radius 1 is 1.19 bits per heavy atom. The Labute approximate surface area is 126 Å². The van der Waals surface area contributed by atoms with Crippen LogP contribution in [0.1, 0.15) is 26.3 Å². The highest BCUT2D eigenvalue weighted by atomic mass is 16.6. The maximum atomic E-state index is 12.0. The van der Waals surface area contributed by atoms with Crippen molar-refractivity contribution in [2.24, 2.45) is 0 Å². The summed E-state index contributed by atoms with van der Waals surface area (Å²) >= 11 is 0. The van der Waals surface area contributed by atoms with Crippen molar-refractivity contribution < 1.29 is 14.6 Å². The van der Waals surface area contributed by atoms with E-state index in [-0.39, 0.29) is 6.09 Å². The van der Waals surface area contributed by atoms with Crippen LogP contribution in [-0.4, -0.2) is 47.9 Å². The van der Waals surface area contributed by atoms with Crippen molar-refractivity contribution in [1.82, 2.24) is 4.90 Å². The molecule has 2 rings (SSSR count). The fourth-order valence-electron chi connectivity index (χ4n) is 2.41. The Kier molecular flexibility index (Phi) is 4.30. The molecule has 0 aromatic heterocycles. The molecule has 0 radical (unpaired) electrons. The summed E-state index contributed by atoms with van der Waals surface area (Å²) in [5.41, 5.74) is 1.44. The summed E-state index contributed by atoms with van der Waals surface area (Å²) in [5, 5.41) is 9.79. The number of rotatable bonds is 1. The number of hydrogen-bond donors (Lipinski definition) is 1. The predicted molar refractivity (Wildman–Crippen MR) is 82.9 cm³/mol. The van der Waals surface area contributed by atoms with Crippen molar-refractivity contribution >= 4 is 11.8 Å². The van der Waals surface area contributed by atoms with Gasteiger partial charge in [-0.15, -0.1) is 0 Å². The molecular weight excluding hydrogens is 268 g/mol. The van der Waals surface area contributed by atoms with E-state index < -0.39 is 5.60 Å². The van der Waals surface area contributed by atoms with Gasteiger partial charge in [0.15, 0.2) is 0 Å². The molecule has 116 valence electrons. The van der Waals surface area contributed by atoms with Gasteiger partial charge in [-0.3, -0.25) is 0 Å². The van der Waals surface area contributed by atoms with Gasteiger partial charge in [0.1, 0.15) is 11.4 Å². The molecule has 0 aliphatic carbocycles. The molecule has 0 bridgehead atoms. The van der Waals surface area contributed by atoms with E-state index in [2.05, 4.69) is 4.90 Å². The third-order valence-corrected chi connectivity index (χ3v) is 3.55. The summed E-state index contributed by atoms with van der Waals surface area (Å²) in [6.45, 7) is 10.3. The van der Waals surface area contributed by atoms with Crippen molar-refractivity contribution in [3.63, 3.8) is 0 Å². The minimum atomic E-state index is -0.462. The SMILES string of the molecule is Cc1c(O)cccc1N1CCN(C(=O)OC(C)(C)C)CC1. The normalized spacial score (nSPS) is 16.0. The Hall–Kier alpha value is -1.91. The summed E-state index contributed by atoms with van der Waals surface area (Å²) in [4.78, 5) is 15.9. The number of carbonyl (C=O) groups is 1. The summed E-state index contributed by atoms with van der Waals surface area (Å²) in [6, 6.07) is 5.53. The Morgan fingerprint density at radius 3 is 2.38 bits per heavy atom. The van der Waals surface area contributed by atoms with Crippen molar-refractivity contribution in [2.75, 3.05) is 31.1 Å². The van der Waals surface area contributed by atoms with Gasteiger partial charge in [-0.1, -0.05) is 6.07 Å². The number of nitrogens with zero attached hydrogens (tertiary/aromatic N) is 2. The standard InChI is InChI=1S/C16H24N2O3/c1-12-13(6-5-7-14(12)19)17-8-10-18(11-9-17)15(20)21-16(2,3)4/h5-7,19H,8-11H2,1-4H3. The van der Waals surface area contributed by atoms with E-state index in [4.69, 9.17) is 4.74 Å². The molecule has 1 amide bonds. The molecule has 1 aromatic rings. The van der Waals surface area contributed by atoms with Crippen LogP contribution in [0.15, 0.2) is 18.2 Å². The van der Waals surface area contributed by atoms with Crippen LogP contribution in [0, 0.1) is 6.92 Å². The van der Waals surface area contributed by atoms with E-state index in [1.807, 2.05) is 39.8 Å². The second-order valence-corrected chi connectivity index (χ2v) is 6.38. The van der Waals surface area contributed by atoms with Crippen molar-refractivity contribution in [3.8, 4) is 5.75 Å². The Morgan fingerprint density at radius 2 is 1.81 bits per heavy atom. The van der Waals surface area contributed by atoms with Crippen LogP contribution in [0.2, 0.25) is 0 Å². The fraction of sp³-hybridized carbons (Fsp3) is 0.562. The molecule has 1 fully saturated rings. The molecule has 0 spiro atoms. The topological polar surface area (TPSA) is 53.0 Å². The molecule has 5 heteroatoms. The maximum absolute atomic E-state index is 12.0. The number of hydrogen-bond acceptors (Lipinski definition) is 4. The zero-order valence-electron chi connectivity index (χ0n) is 13.2. The van der Waals surface area contributed by atoms with Crippen molar-refractivity contribution in [1.29, 1.82) is 0 Å². The summed E-state index contributed by atoms with van der Waals surface area (Å²) in [5.74, 6) is 0.307. The zero-order valence-corrected chi connectivity index (χ0v) is 13.2. The van der Waals surface area contributed by atoms with Gasteiger partial charge in [-0.05, 0) is 39.8 Å². The minimum absolute atomic E-state index is 0.255. The van der Waals surface area contributed by atoms with Gasteiger partial charge in [-0.25, -0.2) is 4.79 Å². The quantitative estimate of drug-likeness (QED) is 0.864. The van der Waals surface area contributed by atoms with E-state index in [0.29, 0.717) is 18.8 Å². The van der Waals surface area contributed by atoms with Crippen LogP contribution in [0.3, 0.4) is 0 Å². The number of amides is 1. The molecule has 1 aliphatic heterocycles. The van der Waals surface area contributed by atoms with Gasteiger partial charge in [-0.2, -0.15) is 0 Å². The van der Waals surface area contributed by atoms with Crippen LogP contribution in [0.5, 0.6) is 5.75 Å². The first-order valence-electron chi connectivity index (χ1n) is 7.29. The first-order valence-corrected chi connectivity index (χ1v) is 7.29. The van der Waals surface area contributed by atoms with E-state index in [1.54, 1.807) is 11.0 Å². The van der Waals surface area contributed by atoms with Crippen molar-refractivity contribution in [3.05, 3.63) is 23.8 Å². The number of benzene rings is 1. The molecular formula is C16H24N2O3. The summed E-state index contributed by atoms with van der Waals surface area (Å²) < 4.78 is 5.39. The van der Waals surface area contributed by atoms with Gasteiger partial charge in [0.25, 0.3) is 0 Å². The highest BCUT2D eigenvalue weighted by molar-refractivity contribution is 5.69. The third-order valence-electron chi connectivity index (χ3n) is 3.55. The van der Waals surface area contributed by atoms with Crippen LogP contribution in [0.4, 0.5) is 10.5 Å². The Balaban J connectivity index is 1.97. The average molecular weight is 292 g/mol. The number of phenols is 1. The molecule has 1 saturated heterocycles. The van der Waals surface area contributed by atoms with Crippen LogP contribution in [-0.2, 0) is 4.74 Å². The average Bonchev–Trinajstić information content (AvgIpc) is 2.40. The van der Waals surface area contributed by atoms with Crippen LogP contribution in [0.25, 0.3) is 0 Å². The smallest absolute Gasteiger partial charge is 0.410 e. The number of piperazine rings is 1. The first-order chi connectivity index (χ1) is 9.78. The lowest BCUT2D eigenvalue weighted by Gasteiger charge is -2.37. The molecule has 0 saturated carbocycles. The number of anilines is 1. The minimum Gasteiger partial charge on any atom is -0.508 e. The van der Waals surface area contributed by atoms with Gasteiger partial charge in [0, 0.05) is 37.4 Å². The van der Waals surface area contributed by atoms with Gasteiger partial charge in [0.2, 0.25) is 0 Å². The molecule has 1 heterocycles. The predicted octanol–water partition coefficient (Wildman–Crippen LogP) is 2.76. The molecule has 1 aromatic carbocycles. The van der Waals surface area contributed by atoms with Crippen LogP contribution >= 0.6 is 0 Å². The van der Waals surface area contributed by atoms with Crippen LogP contribution < -0.4 is 4.90 Å². The molecule has 1 aliphatic rings. The monoisotopic (exact) mass is 292 g/mol. The lowest BCUT2D eigenvalue weighted by molar-refractivity contribution is 0.0240. The van der Waals surface area contributed by atoms with E-state index in [0.717, 1.165) is 24.3 Å². The van der Waals surface area contributed by atoms with Gasteiger partial charge >= 0.3 is 6.09 Å².